The third-order valence-electron chi connectivity index (χ3n) is 4.41. The predicted molar refractivity (Wildman–Crippen MR) is 87.5 cm³/mol. The average Bonchev–Trinajstić information content (AvgIpc) is 2.74. The van der Waals surface area contributed by atoms with Crippen LogP contribution in [0.1, 0.15) is 30.0 Å². The molecule has 21 heavy (non-hydrogen) atoms. The van der Waals surface area contributed by atoms with Gasteiger partial charge in [0.05, 0.1) is 6.54 Å². The third kappa shape index (κ3) is 3.83. The van der Waals surface area contributed by atoms with Crippen LogP contribution in [0.5, 0.6) is 0 Å². The van der Waals surface area contributed by atoms with Gasteiger partial charge in [0.1, 0.15) is 0 Å². The number of nitrogens with two attached hydrogens (primary N) is 1. The van der Waals surface area contributed by atoms with Gasteiger partial charge in [-0.05, 0) is 57.7 Å². The van der Waals surface area contributed by atoms with E-state index in [1.165, 1.54) is 5.56 Å². The van der Waals surface area contributed by atoms with Gasteiger partial charge in [-0.2, -0.15) is 0 Å². The molecule has 2 unspecified atom stereocenters. The Labute approximate surface area is 127 Å². The molecule has 2 rings (SSSR count). The van der Waals surface area contributed by atoms with Crippen LogP contribution in [0.2, 0.25) is 0 Å². The lowest BCUT2D eigenvalue weighted by Gasteiger charge is -2.21. The Morgan fingerprint density at radius 2 is 1.95 bits per heavy atom. The van der Waals surface area contributed by atoms with Gasteiger partial charge in [-0.15, -0.1) is 0 Å². The number of carbonyl (C=O) groups is 1. The maximum Gasteiger partial charge on any atom is 0.238 e. The topological polar surface area (TPSA) is 58.4 Å². The van der Waals surface area contributed by atoms with Gasteiger partial charge in [0, 0.05) is 18.3 Å². The molecule has 1 aliphatic heterocycles. The number of nitrogens with one attached hydrogen (secondary N) is 1. The zero-order valence-electron chi connectivity index (χ0n) is 13.6. The van der Waals surface area contributed by atoms with Gasteiger partial charge in [0.2, 0.25) is 5.91 Å². The van der Waals surface area contributed by atoms with Crippen LogP contribution >= 0.6 is 0 Å². The van der Waals surface area contributed by atoms with Crippen molar-refractivity contribution in [3.8, 4) is 0 Å². The first-order valence-corrected chi connectivity index (χ1v) is 7.72. The Bertz CT molecular complexity index is 504. The van der Waals surface area contributed by atoms with E-state index in [4.69, 9.17) is 5.73 Å². The zero-order chi connectivity index (χ0) is 15.6. The van der Waals surface area contributed by atoms with E-state index < -0.39 is 0 Å². The van der Waals surface area contributed by atoms with Crippen LogP contribution < -0.4 is 11.1 Å². The number of aryl methyl sites for hydroxylation is 3. The number of benzene rings is 1. The summed E-state index contributed by atoms with van der Waals surface area (Å²) in [5.74, 6) is 0.588. The van der Waals surface area contributed by atoms with Crippen molar-refractivity contribution in [2.75, 3.05) is 25.0 Å². The second-order valence-corrected chi connectivity index (χ2v) is 6.44. The monoisotopic (exact) mass is 289 g/mol. The third-order valence-corrected chi connectivity index (χ3v) is 4.41. The number of hydrogen-bond acceptors (Lipinski definition) is 3. The standard InChI is InChI=1S/C17H27N3O/c1-11-5-12(2)17(13(3)6-11)19-16(21)10-20-9-15(8-18)7-14(20)4/h5-6,14-15H,7-10,18H2,1-4H3,(H,19,21). The van der Waals surface area contributed by atoms with Crippen LogP contribution in [-0.4, -0.2) is 36.5 Å². The van der Waals surface area contributed by atoms with E-state index in [1.807, 2.05) is 13.8 Å². The summed E-state index contributed by atoms with van der Waals surface area (Å²) in [7, 11) is 0. The maximum atomic E-state index is 12.3. The summed E-state index contributed by atoms with van der Waals surface area (Å²) in [5.41, 5.74) is 10.2. The minimum Gasteiger partial charge on any atom is -0.330 e. The highest BCUT2D eigenvalue weighted by Crippen LogP contribution is 2.24. The number of likely N-dealkylation sites (tertiary alicyclic amines) is 1. The highest BCUT2D eigenvalue weighted by atomic mass is 16.2. The normalized spacial score (nSPS) is 22.5. The Morgan fingerprint density at radius 1 is 1.33 bits per heavy atom. The lowest BCUT2D eigenvalue weighted by Crippen LogP contribution is -2.36. The average molecular weight is 289 g/mol. The molecule has 2 atom stereocenters. The lowest BCUT2D eigenvalue weighted by molar-refractivity contribution is -0.117. The molecule has 1 aliphatic rings. The van der Waals surface area contributed by atoms with Crippen molar-refractivity contribution in [1.29, 1.82) is 0 Å². The number of hydrogen-bond donors (Lipinski definition) is 2. The quantitative estimate of drug-likeness (QED) is 0.893. The molecule has 1 aromatic carbocycles. The first kappa shape index (κ1) is 16.0. The first-order valence-electron chi connectivity index (χ1n) is 7.72. The Morgan fingerprint density at radius 3 is 2.48 bits per heavy atom. The van der Waals surface area contributed by atoms with E-state index >= 15 is 0 Å². The van der Waals surface area contributed by atoms with Gasteiger partial charge in [0.25, 0.3) is 0 Å². The number of nitrogens with zero attached hydrogens (tertiary/aromatic N) is 1. The van der Waals surface area contributed by atoms with E-state index in [-0.39, 0.29) is 5.91 Å². The van der Waals surface area contributed by atoms with Crippen molar-refractivity contribution >= 4 is 11.6 Å². The van der Waals surface area contributed by atoms with Crippen LogP contribution in [0.15, 0.2) is 12.1 Å². The number of carbonyl (C=O) groups excluding carboxylic acids is 1. The lowest BCUT2D eigenvalue weighted by atomic mass is 10.1. The van der Waals surface area contributed by atoms with Crippen LogP contribution in [0.3, 0.4) is 0 Å². The summed E-state index contributed by atoms with van der Waals surface area (Å²) in [6.45, 7) is 10.4. The molecule has 0 bridgehead atoms. The Hall–Kier alpha value is -1.39. The van der Waals surface area contributed by atoms with E-state index in [2.05, 4.69) is 36.2 Å². The second kappa shape index (κ2) is 6.58. The fraction of sp³-hybridized carbons (Fsp3) is 0.588. The fourth-order valence-electron chi connectivity index (χ4n) is 3.35. The van der Waals surface area contributed by atoms with Crippen LogP contribution in [-0.2, 0) is 4.79 Å². The summed E-state index contributed by atoms with van der Waals surface area (Å²) < 4.78 is 0. The summed E-state index contributed by atoms with van der Waals surface area (Å²) >= 11 is 0. The van der Waals surface area contributed by atoms with E-state index in [9.17, 15) is 4.79 Å². The van der Waals surface area contributed by atoms with Gasteiger partial charge in [-0.25, -0.2) is 0 Å². The van der Waals surface area contributed by atoms with Crippen molar-refractivity contribution in [3.63, 3.8) is 0 Å². The van der Waals surface area contributed by atoms with Crippen molar-refractivity contribution in [2.45, 2.75) is 40.2 Å². The predicted octanol–water partition coefficient (Wildman–Crippen LogP) is 2.22. The second-order valence-electron chi connectivity index (χ2n) is 6.44. The summed E-state index contributed by atoms with van der Waals surface area (Å²) in [6, 6.07) is 4.64. The Balaban J connectivity index is 2.00. The molecule has 0 saturated carbocycles. The molecular weight excluding hydrogens is 262 g/mol. The zero-order valence-corrected chi connectivity index (χ0v) is 13.6. The molecule has 1 saturated heterocycles. The molecule has 4 nitrogen and oxygen atoms in total. The molecule has 1 heterocycles. The molecule has 3 N–H and O–H groups in total. The van der Waals surface area contributed by atoms with E-state index in [0.29, 0.717) is 25.0 Å². The summed E-state index contributed by atoms with van der Waals surface area (Å²) in [5, 5.41) is 3.07. The number of anilines is 1. The highest BCUT2D eigenvalue weighted by molar-refractivity contribution is 5.93. The molecule has 0 aliphatic carbocycles. The molecule has 1 aromatic rings. The largest absolute Gasteiger partial charge is 0.330 e. The summed E-state index contributed by atoms with van der Waals surface area (Å²) in [4.78, 5) is 14.5. The maximum absolute atomic E-state index is 12.3. The van der Waals surface area contributed by atoms with Gasteiger partial charge in [-0.3, -0.25) is 9.69 Å². The van der Waals surface area contributed by atoms with Gasteiger partial charge >= 0.3 is 0 Å². The first-order chi connectivity index (χ1) is 9.90. The van der Waals surface area contributed by atoms with E-state index in [0.717, 1.165) is 29.8 Å². The van der Waals surface area contributed by atoms with Gasteiger partial charge in [-0.1, -0.05) is 17.7 Å². The van der Waals surface area contributed by atoms with Crippen molar-refractivity contribution in [1.82, 2.24) is 4.90 Å². The van der Waals surface area contributed by atoms with Crippen molar-refractivity contribution in [3.05, 3.63) is 28.8 Å². The molecule has 0 spiro atoms. The SMILES string of the molecule is Cc1cc(C)c(NC(=O)CN2CC(CN)CC2C)c(C)c1. The van der Waals surface area contributed by atoms with Crippen molar-refractivity contribution in [2.24, 2.45) is 11.7 Å². The molecule has 0 aromatic heterocycles. The highest BCUT2D eigenvalue weighted by Gasteiger charge is 2.29. The fourth-order valence-corrected chi connectivity index (χ4v) is 3.35. The molecule has 1 amide bonds. The Kier molecular flexibility index (Phi) is 5.01. The molecule has 116 valence electrons. The molecule has 1 fully saturated rings. The van der Waals surface area contributed by atoms with Gasteiger partial charge < -0.3 is 11.1 Å². The molecular formula is C17H27N3O. The number of rotatable bonds is 4. The van der Waals surface area contributed by atoms with Crippen LogP contribution in [0.25, 0.3) is 0 Å². The van der Waals surface area contributed by atoms with Crippen LogP contribution in [0.4, 0.5) is 5.69 Å². The van der Waals surface area contributed by atoms with Gasteiger partial charge in [0.15, 0.2) is 0 Å². The molecule has 4 heteroatoms. The summed E-state index contributed by atoms with van der Waals surface area (Å²) in [6.07, 6.45) is 1.09. The van der Waals surface area contributed by atoms with E-state index in [1.54, 1.807) is 0 Å². The molecule has 0 radical (unpaired) electrons. The van der Waals surface area contributed by atoms with Crippen molar-refractivity contribution < 1.29 is 4.79 Å². The minimum atomic E-state index is 0.0644. The van der Waals surface area contributed by atoms with Crippen LogP contribution in [0, 0.1) is 26.7 Å². The smallest absolute Gasteiger partial charge is 0.238 e. The number of amides is 1. The minimum absolute atomic E-state index is 0.0644.